The molecule has 210 valence electrons. The van der Waals surface area contributed by atoms with Gasteiger partial charge in [-0.2, -0.15) is 5.10 Å². The number of carbonyl (C=O) groups is 1. The molecule has 1 amide bonds. The Balaban J connectivity index is 1.58. The van der Waals surface area contributed by atoms with Crippen molar-refractivity contribution in [2.45, 2.75) is 20.1 Å². The summed E-state index contributed by atoms with van der Waals surface area (Å²) in [6.45, 7) is 3.76. The Bertz CT molecular complexity index is 1880. The van der Waals surface area contributed by atoms with E-state index in [4.69, 9.17) is 14.3 Å². The van der Waals surface area contributed by atoms with Crippen molar-refractivity contribution in [1.82, 2.24) is 20.1 Å². The Hall–Kier alpha value is -4.48. The van der Waals surface area contributed by atoms with Crippen LogP contribution in [0.3, 0.4) is 0 Å². The summed E-state index contributed by atoms with van der Waals surface area (Å²) in [7, 11) is -0.583. The smallest absolute Gasteiger partial charge is 0.255 e. The first-order valence-corrected chi connectivity index (χ1v) is 14.9. The molecule has 41 heavy (non-hydrogen) atoms. The summed E-state index contributed by atoms with van der Waals surface area (Å²) in [6, 6.07) is 15.0. The van der Waals surface area contributed by atoms with Crippen LogP contribution in [0, 0.1) is 6.92 Å². The van der Waals surface area contributed by atoms with Crippen LogP contribution < -0.4 is 9.62 Å². The van der Waals surface area contributed by atoms with Gasteiger partial charge in [0, 0.05) is 60.2 Å². The summed E-state index contributed by atoms with van der Waals surface area (Å²) in [5, 5.41) is 7.99. The largest absolute Gasteiger partial charge is 0.455 e. The van der Waals surface area contributed by atoms with Gasteiger partial charge in [0.15, 0.2) is 0 Å². The zero-order valence-electron chi connectivity index (χ0n) is 23.1. The van der Waals surface area contributed by atoms with Crippen molar-refractivity contribution in [1.29, 1.82) is 0 Å². The molecule has 6 rings (SSSR count). The first-order valence-electron chi connectivity index (χ1n) is 13.1. The van der Waals surface area contributed by atoms with Crippen LogP contribution in [0.4, 0.5) is 5.69 Å². The van der Waals surface area contributed by atoms with Crippen LogP contribution in [0.1, 0.15) is 21.6 Å². The molecule has 0 atom stereocenters. The van der Waals surface area contributed by atoms with E-state index in [2.05, 4.69) is 10.3 Å². The second-order valence-electron chi connectivity index (χ2n) is 10.1. The third-order valence-electron chi connectivity index (χ3n) is 7.32. The van der Waals surface area contributed by atoms with Crippen LogP contribution in [0.25, 0.3) is 44.7 Å². The van der Waals surface area contributed by atoms with E-state index in [9.17, 15) is 13.2 Å². The molecule has 0 radical (unpaired) electrons. The number of hydrogen-bond donors (Lipinski definition) is 1. The van der Waals surface area contributed by atoms with Gasteiger partial charge < -0.3 is 14.5 Å². The fraction of sp³-hybridized carbons (Fsp3) is 0.233. The average molecular weight is 572 g/mol. The van der Waals surface area contributed by atoms with E-state index in [1.807, 2.05) is 48.0 Å². The zero-order valence-corrected chi connectivity index (χ0v) is 23.9. The van der Waals surface area contributed by atoms with Crippen molar-refractivity contribution in [3.05, 3.63) is 77.7 Å². The number of sulfonamides is 1. The van der Waals surface area contributed by atoms with E-state index in [1.165, 1.54) is 11.4 Å². The molecule has 0 bridgehead atoms. The molecule has 0 saturated heterocycles. The van der Waals surface area contributed by atoms with Gasteiger partial charge in [-0.3, -0.25) is 18.8 Å². The van der Waals surface area contributed by atoms with Crippen molar-refractivity contribution >= 4 is 32.6 Å². The van der Waals surface area contributed by atoms with Gasteiger partial charge >= 0.3 is 0 Å². The molecule has 0 aliphatic carbocycles. The molecule has 4 heterocycles. The van der Waals surface area contributed by atoms with Gasteiger partial charge in [-0.15, -0.1) is 0 Å². The van der Waals surface area contributed by atoms with Gasteiger partial charge in [-0.05, 0) is 25.1 Å². The molecule has 1 aliphatic rings. The highest BCUT2D eigenvalue weighted by Crippen LogP contribution is 2.41. The molecule has 5 aromatic rings. The monoisotopic (exact) mass is 571 g/mol. The van der Waals surface area contributed by atoms with Crippen LogP contribution in [0.2, 0.25) is 0 Å². The molecule has 11 heteroatoms. The lowest BCUT2D eigenvalue weighted by atomic mass is 9.98. The maximum atomic E-state index is 13.2. The number of furan rings is 1. The minimum Gasteiger partial charge on any atom is -0.455 e. The predicted octanol–water partition coefficient (Wildman–Crippen LogP) is 4.62. The third kappa shape index (κ3) is 4.87. The number of benzene rings is 2. The lowest BCUT2D eigenvalue weighted by molar-refractivity contribution is 0.0801. The van der Waals surface area contributed by atoms with Crippen LogP contribution in [0.15, 0.2) is 65.3 Å². The van der Waals surface area contributed by atoms with Crippen molar-refractivity contribution < 1.29 is 22.4 Å². The third-order valence-corrected chi connectivity index (χ3v) is 8.51. The summed E-state index contributed by atoms with van der Waals surface area (Å²) in [4.78, 5) is 17.7. The molecule has 0 spiro atoms. The number of pyridine rings is 1. The first kappa shape index (κ1) is 26.7. The van der Waals surface area contributed by atoms with Crippen molar-refractivity contribution in [3.63, 3.8) is 0 Å². The number of fused-ring (bicyclic) bond motifs is 2. The van der Waals surface area contributed by atoms with E-state index in [0.29, 0.717) is 58.9 Å². The van der Waals surface area contributed by atoms with Gasteiger partial charge in [0.25, 0.3) is 5.91 Å². The summed E-state index contributed by atoms with van der Waals surface area (Å²) < 4.78 is 40.4. The van der Waals surface area contributed by atoms with E-state index < -0.39 is 10.0 Å². The van der Waals surface area contributed by atoms with Crippen molar-refractivity contribution in [3.8, 4) is 33.7 Å². The second kappa shape index (κ2) is 10.2. The lowest BCUT2D eigenvalue weighted by Gasteiger charge is -2.20. The fourth-order valence-electron chi connectivity index (χ4n) is 5.02. The van der Waals surface area contributed by atoms with E-state index in [1.54, 1.807) is 31.6 Å². The highest BCUT2D eigenvalue weighted by Gasteiger charge is 2.26. The maximum absolute atomic E-state index is 13.2. The Kier molecular flexibility index (Phi) is 6.63. The summed E-state index contributed by atoms with van der Waals surface area (Å²) >= 11 is 0. The topological polar surface area (TPSA) is 120 Å². The number of ether oxygens (including phenoxy) is 1. The summed E-state index contributed by atoms with van der Waals surface area (Å²) in [5.41, 5.74) is 6.70. The number of carbonyl (C=O) groups excluding carboxylic acids is 1. The second-order valence-corrected chi connectivity index (χ2v) is 12.1. The number of nitrogens with zero attached hydrogens (tertiary/aromatic N) is 4. The highest BCUT2D eigenvalue weighted by atomic mass is 32.2. The van der Waals surface area contributed by atoms with E-state index >= 15 is 0 Å². The first-order chi connectivity index (χ1) is 19.6. The Morgan fingerprint density at radius 1 is 1.05 bits per heavy atom. The average Bonchev–Trinajstić information content (AvgIpc) is 3.57. The zero-order chi connectivity index (χ0) is 28.9. The van der Waals surface area contributed by atoms with Gasteiger partial charge in [-0.1, -0.05) is 29.8 Å². The van der Waals surface area contributed by atoms with Crippen molar-refractivity contribution in [2.24, 2.45) is 0 Å². The molecule has 2 aromatic carbocycles. The van der Waals surface area contributed by atoms with Gasteiger partial charge in [0.2, 0.25) is 10.0 Å². The van der Waals surface area contributed by atoms with E-state index in [0.717, 1.165) is 34.3 Å². The number of aryl methyl sites for hydroxylation is 1. The number of amides is 1. The van der Waals surface area contributed by atoms with Crippen LogP contribution >= 0.6 is 0 Å². The molecule has 1 N–H and O–H groups in total. The fourth-order valence-corrected chi connectivity index (χ4v) is 5.53. The molecular weight excluding hydrogens is 542 g/mol. The maximum Gasteiger partial charge on any atom is 0.255 e. The van der Waals surface area contributed by atoms with Crippen LogP contribution in [0.5, 0.6) is 0 Å². The van der Waals surface area contributed by atoms with Gasteiger partial charge in [0.05, 0.1) is 48.7 Å². The molecule has 0 saturated carbocycles. The molecular formula is C30H29N5O5S. The number of aromatic nitrogens is 3. The van der Waals surface area contributed by atoms with Crippen LogP contribution in [-0.4, -0.2) is 56.0 Å². The van der Waals surface area contributed by atoms with Crippen molar-refractivity contribution in [2.75, 3.05) is 31.3 Å². The SMILES string of the molecule is CNC(=O)c1c(-c2ccc(C)cc2)oc2cc(N(C)S(C)(=O)=O)c(-c3cncc(-c4cc5n(n4)CCOC5)c3)cc12. The molecule has 10 nitrogen and oxygen atoms in total. The number of nitrogens with one attached hydrogen (secondary N) is 1. The Labute approximate surface area is 237 Å². The summed E-state index contributed by atoms with van der Waals surface area (Å²) in [5.74, 6) is 0.0920. The Morgan fingerprint density at radius 2 is 1.80 bits per heavy atom. The number of anilines is 1. The molecule has 0 unspecified atom stereocenters. The van der Waals surface area contributed by atoms with E-state index in [-0.39, 0.29) is 5.91 Å². The Morgan fingerprint density at radius 3 is 2.51 bits per heavy atom. The molecule has 3 aromatic heterocycles. The number of rotatable bonds is 6. The predicted molar refractivity (Wildman–Crippen MR) is 157 cm³/mol. The molecule has 1 aliphatic heterocycles. The highest BCUT2D eigenvalue weighted by molar-refractivity contribution is 7.92. The molecule has 0 fully saturated rings. The minimum absolute atomic E-state index is 0.313. The van der Waals surface area contributed by atoms with Crippen LogP contribution in [-0.2, 0) is 27.9 Å². The lowest BCUT2D eigenvalue weighted by Crippen LogP contribution is -2.25. The van der Waals surface area contributed by atoms with Gasteiger partial charge in [-0.25, -0.2) is 8.42 Å². The number of hydrogen-bond acceptors (Lipinski definition) is 7. The summed E-state index contributed by atoms with van der Waals surface area (Å²) in [6.07, 6.45) is 4.54. The van der Waals surface area contributed by atoms with Gasteiger partial charge in [0.1, 0.15) is 11.3 Å². The standard InChI is InChI=1S/C30H29N5O5S/c1-18-5-7-19(8-6-18)29-28(30(36)31-2)24-13-23(26(14-27(24)40-29)34(3)41(4,37)38)20-11-21(16-32-15-20)25-12-22-17-39-10-9-35(22)33-25/h5-8,11-16H,9-10,17H2,1-4H3,(H,31,36). The quantitative estimate of drug-likeness (QED) is 0.316. The normalized spacial score (nSPS) is 13.3. The minimum atomic E-state index is -3.64.